The molecule has 0 radical (unpaired) electrons. The zero-order chi connectivity index (χ0) is 15.8. The molecular weight excluding hydrogens is 280 g/mol. The second-order valence-electron chi connectivity index (χ2n) is 4.84. The van der Waals surface area contributed by atoms with Gasteiger partial charge in [0.15, 0.2) is 0 Å². The van der Waals surface area contributed by atoms with Crippen LogP contribution in [0.2, 0.25) is 0 Å². The third kappa shape index (κ3) is 5.12. The highest BCUT2D eigenvalue weighted by Crippen LogP contribution is 2.16. The van der Waals surface area contributed by atoms with E-state index in [0.29, 0.717) is 24.4 Å². The van der Waals surface area contributed by atoms with Gasteiger partial charge in [0, 0.05) is 13.1 Å². The van der Waals surface area contributed by atoms with Crippen LogP contribution in [0, 0.1) is 12.8 Å². The van der Waals surface area contributed by atoms with Gasteiger partial charge < -0.3 is 20.4 Å². The Labute approximate surface area is 121 Å². The van der Waals surface area contributed by atoms with Crippen LogP contribution in [0.15, 0.2) is 4.63 Å². The molecule has 9 heteroatoms. The molecule has 0 unspecified atom stereocenters. The number of rotatable bonds is 3. The second-order valence-corrected chi connectivity index (χ2v) is 4.84. The van der Waals surface area contributed by atoms with Gasteiger partial charge in [-0.3, -0.25) is 9.59 Å². The van der Waals surface area contributed by atoms with Crippen LogP contribution in [0.1, 0.15) is 17.8 Å². The van der Waals surface area contributed by atoms with Crippen LogP contribution in [0.5, 0.6) is 0 Å². The van der Waals surface area contributed by atoms with Gasteiger partial charge in [0.1, 0.15) is 11.4 Å². The molecule has 1 saturated heterocycles. The lowest BCUT2D eigenvalue weighted by Crippen LogP contribution is -2.48. The summed E-state index contributed by atoms with van der Waals surface area (Å²) >= 11 is 0. The number of likely N-dealkylation sites (tertiary alicyclic amines) is 1. The minimum atomic E-state index is -0.572. The van der Waals surface area contributed by atoms with Gasteiger partial charge in [0.05, 0.1) is 18.6 Å². The summed E-state index contributed by atoms with van der Waals surface area (Å²) in [6, 6.07) is 0. The average molecular weight is 300 g/mol. The van der Waals surface area contributed by atoms with Crippen LogP contribution in [-0.4, -0.2) is 64.0 Å². The Morgan fingerprint density at radius 3 is 2.81 bits per heavy atom. The molecule has 118 valence electrons. The molecule has 9 nitrogen and oxygen atoms in total. The van der Waals surface area contributed by atoms with Crippen LogP contribution < -0.4 is 5.32 Å². The van der Waals surface area contributed by atoms with Crippen molar-refractivity contribution in [1.82, 2.24) is 20.5 Å². The summed E-state index contributed by atoms with van der Waals surface area (Å²) in [7, 11) is 1.94. The highest BCUT2D eigenvalue weighted by Gasteiger charge is 2.31. The molecule has 1 amide bonds. The Morgan fingerprint density at radius 2 is 2.24 bits per heavy atom. The molecule has 2 atom stereocenters. The summed E-state index contributed by atoms with van der Waals surface area (Å²) in [5.41, 5.74) is 1.28. The van der Waals surface area contributed by atoms with Crippen molar-refractivity contribution in [3.63, 3.8) is 0 Å². The SMILES string of the molecule is Cc1nonc1CNC(=O)[C@@H]1CN(C)CC[C@H]1O.O=CO. The van der Waals surface area contributed by atoms with Crippen molar-refractivity contribution in [2.45, 2.75) is 26.0 Å². The summed E-state index contributed by atoms with van der Waals surface area (Å²) in [5, 5.41) is 26.8. The summed E-state index contributed by atoms with van der Waals surface area (Å²) < 4.78 is 4.55. The Kier molecular flexibility index (Phi) is 6.76. The van der Waals surface area contributed by atoms with E-state index < -0.39 is 6.10 Å². The number of amides is 1. The molecule has 0 aliphatic carbocycles. The van der Waals surface area contributed by atoms with Crippen LogP contribution >= 0.6 is 0 Å². The quantitative estimate of drug-likeness (QED) is 0.607. The number of carboxylic acid groups (broad SMARTS) is 1. The van der Waals surface area contributed by atoms with Crippen LogP contribution in [0.25, 0.3) is 0 Å². The van der Waals surface area contributed by atoms with Gasteiger partial charge in [-0.25, -0.2) is 4.63 Å². The first kappa shape index (κ1) is 17.1. The van der Waals surface area contributed by atoms with E-state index in [2.05, 4.69) is 20.3 Å². The number of aryl methyl sites for hydroxylation is 1. The van der Waals surface area contributed by atoms with E-state index in [-0.39, 0.29) is 24.8 Å². The van der Waals surface area contributed by atoms with E-state index in [1.807, 2.05) is 11.9 Å². The van der Waals surface area contributed by atoms with Gasteiger partial charge in [-0.05, 0) is 20.4 Å². The van der Waals surface area contributed by atoms with E-state index >= 15 is 0 Å². The second kappa shape index (κ2) is 8.32. The summed E-state index contributed by atoms with van der Waals surface area (Å²) in [6.07, 6.45) is 0.0526. The van der Waals surface area contributed by atoms with E-state index in [4.69, 9.17) is 9.90 Å². The van der Waals surface area contributed by atoms with Gasteiger partial charge in [-0.1, -0.05) is 10.3 Å². The number of hydrogen-bond acceptors (Lipinski definition) is 7. The molecule has 0 bridgehead atoms. The lowest BCUT2D eigenvalue weighted by Gasteiger charge is -2.32. The molecule has 0 aromatic carbocycles. The first-order valence-corrected chi connectivity index (χ1v) is 6.49. The lowest BCUT2D eigenvalue weighted by atomic mass is 9.94. The number of aliphatic hydroxyl groups excluding tert-OH is 1. The van der Waals surface area contributed by atoms with Crippen molar-refractivity contribution in [1.29, 1.82) is 0 Å². The van der Waals surface area contributed by atoms with Crippen molar-refractivity contribution in [3.8, 4) is 0 Å². The highest BCUT2D eigenvalue weighted by molar-refractivity contribution is 5.79. The van der Waals surface area contributed by atoms with Gasteiger partial charge in [-0.2, -0.15) is 0 Å². The molecule has 1 fully saturated rings. The maximum Gasteiger partial charge on any atom is 0.290 e. The van der Waals surface area contributed by atoms with Crippen molar-refractivity contribution in [2.24, 2.45) is 5.92 Å². The Balaban J connectivity index is 0.000000677. The fourth-order valence-corrected chi connectivity index (χ4v) is 2.07. The zero-order valence-corrected chi connectivity index (χ0v) is 12.0. The van der Waals surface area contributed by atoms with E-state index in [1.54, 1.807) is 6.92 Å². The molecule has 0 spiro atoms. The molecule has 2 heterocycles. The summed E-state index contributed by atoms with van der Waals surface area (Å²) in [5.74, 6) is -0.541. The third-order valence-corrected chi connectivity index (χ3v) is 3.29. The average Bonchev–Trinajstić information content (AvgIpc) is 2.85. The summed E-state index contributed by atoms with van der Waals surface area (Å²) in [6.45, 7) is 3.18. The van der Waals surface area contributed by atoms with Gasteiger partial charge in [0.2, 0.25) is 5.91 Å². The molecule has 1 aromatic rings. The highest BCUT2D eigenvalue weighted by atomic mass is 16.6. The molecule has 0 saturated carbocycles. The number of carbonyl (C=O) groups is 2. The van der Waals surface area contributed by atoms with Crippen LogP contribution in [0.3, 0.4) is 0 Å². The smallest absolute Gasteiger partial charge is 0.290 e. The summed E-state index contributed by atoms with van der Waals surface area (Å²) in [4.78, 5) is 22.4. The number of nitrogens with one attached hydrogen (secondary N) is 1. The fourth-order valence-electron chi connectivity index (χ4n) is 2.07. The predicted octanol–water partition coefficient (Wildman–Crippen LogP) is -0.992. The fraction of sp³-hybridized carbons (Fsp3) is 0.667. The lowest BCUT2D eigenvalue weighted by molar-refractivity contribution is -0.131. The Morgan fingerprint density at radius 1 is 1.57 bits per heavy atom. The number of aromatic nitrogens is 2. The minimum absolute atomic E-state index is 0.156. The van der Waals surface area contributed by atoms with Crippen molar-refractivity contribution in [3.05, 3.63) is 11.4 Å². The first-order valence-electron chi connectivity index (χ1n) is 6.49. The normalized spacial score (nSPS) is 22.0. The van der Waals surface area contributed by atoms with Gasteiger partial charge in [-0.15, -0.1) is 0 Å². The largest absolute Gasteiger partial charge is 0.483 e. The van der Waals surface area contributed by atoms with Crippen molar-refractivity contribution < 1.29 is 24.4 Å². The van der Waals surface area contributed by atoms with Crippen molar-refractivity contribution >= 4 is 12.4 Å². The molecule has 21 heavy (non-hydrogen) atoms. The maximum atomic E-state index is 12.0. The predicted molar refractivity (Wildman–Crippen MR) is 71.2 cm³/mol. The standard InChI is InChI=1S/C11H18N4O3.CH2O2/c1-7-9(14-18-13-7)5-12-11(17)8-6-15(2)4-3-10(8)16;2-1-3/h8,10,16H,3-6H2,1-2H3,(H,12,17);1H,(H,2,3)/t8-,10-;/m1./s1. The van der Waals surface area contributed by atoms with Crippen LogP contribution in [0.4, 0.5) is 0 Å². The number of hydrogen-bond donors (Lipinski definition) is 3. The van der Waals surface area contributed by atoms with Crippen molar-refractivity contribution in [2.75, 3.05) is 20.1 Å². The molecular formula is C12H20N4O5. The molecule has 1 aromatic heterocycles. The topological polar surface area (TPSA) is 129 Å². The third-order valence-electron chi connectivity index (χ3n) is 3.29. The minimum Gasteiger partial charge on any atom is -0.483 e. The zero-order valence-electron chi connectivity index (χ0n) is 12.0. The monoisotopic (exact) mass is 300 g/mol. The first-order chi connectivity index (χ1) is 9.99. The molecule has 1 aliphatic rings. The maximum absolute atomic E-state index is 12.0. The van der Waals surface area contributed by atoms with Crippen LogP contribution in [-0.2, 0) is 16.1 Å². The molecule has 2 rings (SSSR count). The number of nitrogens with zero attached hydrogens (tertiary/aromatic N) is 3. The van der Waals surface area contributed by atoms with Gasteiger partial charge >= 0.3 is 0 Å². The van der Waals surface area contributed by atoms with E-state index in [0.717, 1.165) is 6.54 Å². The van der Waals surface area contributed by atoms with E-state index in [9.17, 15) is 9.90 Å². The number of piperidine rings is 1. The van der Waals surface area contributed by atoms with E-state index in [1.165, 1.54) is 0 Å². The molecule has 1 aliphatic heterocycles. The number of carbonyl (C=O) groups excluding carboxylic acids is 1. The molecule has 3 N–H and O–H groups in total. The Bertz CT molecular complexity index is 464. The van der Waals surface area contributed by atoms with Gasteiger partial charge in [0.25, 0.3) is 6.47 Å². The Hall–Kier alpha value is -2.00. The number of aliphatic hydroxyl groups is 1.